The van der Waals surface area contributed by atoms with Gasteiger partial charge in [-0.25, -0.2) is 0 Å². The van der Waals surface area contributed by atoms with E-state index in [0.717, 1.165) is 22.6 Å². The van der Waals surface area contributed by atoms with Crippen LogP contribution in [-0.2, 0) is 14.3 Å². The molecular weight excluding hydrogens is 384 g/mol. The molecule has 0 fully saturated rings. The van der Waals surface area contributed by atoms with Gasteiger partial charge in [-0.1, -0.05) is 25.1 Å². The maximum Gasteiger partial charge on any atom is 0.316 e. The predicted molar refractivity (Wildman–Crippen MR) is 110 cm³/mol. The molecule has 2 N–H and O–H groups in total. The third-order valence-corrected chi connectivity index (χ3v) is 5.95. The van der Waals surface area contributed by atoms with Crippen molar-refractivity contribution in [3.63, 3.8) is 0 Å². The first kappa shape index (κ1) is 18.5. The minimum atomic E-state index is -0.824. The quantitative estimate of drug-likeness (QED) is 0.582. The number of ether oxygens (including phenoxy) is 3. The molecule has 0 spiro atoms. The Hall–Kier alpha value is -3.48. The number of fused-ring (bicyclic) bond motifs is 2. The van der Waals surface area contributed by atoms with E-state index < -0.39 is 17.9 Å². The normalized spacial score (nSPS) is 24.2. The van der Waals surface area contributed by atoms with Crippen LogP contribution < -0.4 is 20.1 Å². The lowest BCUT2D eigenvalue weighted by Gasteiger charge is -2.32. The number of Topliss-reactive ketones (excluding diaryl/α,β-unsaturated/α-hetero) is 1. The van der Waals surface area contributed by atoms with Gasteiger partial charge in [-0.15, -0.1) is 0 Å². The van der Waals surface area contributed by atoms with E-state index in [0.29, 0.717) is 23.5 Å². The van der Waals surface area contributed by atoms with Crippen LogP contribution in [0.25, 0.3) is 0 Å². The van der Waals surface area contributed by atoms with Crippen LogP contribution in [-0.4, -0.2) is 25.7 Å². The maximum atomic E-state index is 13.6. The van der Waals surface area contributed by atoms with Gasteiger partial charge in [0.2, 0.25) is 6.79 Å². The number of benzene rings is 2. The number of ketones is 1. The fraction of sp³-hybridized carbons (Fsp3) is 0.304. The lowest BCUT2D eigenvalue weighted by Crippen LogP contribution is -2.39. The number of para-hydroxylation sites is 2. The Bertz CT molecular complexity index is 1080. The number of carbonyl (C=O) groups is 2. The fourth-order valence-electron chi connectivity index (χ4n) is 4.48. The Morgan fingerprint density at radius 1 is 1.10 bits per heavy atom. The van der Waals surface area contributed by atoms with Gasteiger partial charge in [-0.05, 0) is 42.2 Å². The second-order valence-corrected chi connectivity index (χ2v) is 7.80. The topological polar surface area (TPSA) is 85.9 Å². The van der Waals surface area contributed by atoms with Crippen LogP contribution in [0.2, 0.25) is 0 Å². The van der Waals surface area contributed by atoms with Gasteiger partial charge >= 0.3 is 5.97 Å². The summed E-state index contributed by atoms with van der Waals surface area (Å²) in [7, 11) is 1.32. The van der Waals surface area contributed by atoms with Crippen molar-refractivity contribution >= 4 is 23.1 Å². The standard InChI is InChI=1S/C23H22N2O5/c1-12-9-16-20(22(26)19(12)23(27)28-2)21(25-15-6-4-3-5-14(15)24-16)13-7-8-17-18(10-13)30-11-29-17/h3-8,10,12,19,21,24-25H,9,11H2,1-2H3/t12-,19-,21+/m0/s1. The van der Waals surface area contributed by atoms with E-state index in [9.17, 15) is 9.59 Å². The molecule has 3 aliphatic rings. The van der Waals surface area contributed by atoms with E-state index in [1.807, 2.05) is 49.4 Å². The second-order valence-electron chi connectivity index (χ2n) is 7.80. The Labute approximate surface area is 174 Å². The molecule has 2 aliphatic heterocycles. The zero-order valence-electron chi connectivity index (χ0n) is 16.7. The monoisotopic (exact) mass is 406 g/mol. The predicted octanol–water partition coefficient (Wildman–Crippen LogP) is 3.65. The highest BCUT2D eigenvalue weighted by atomic mass is 16.7. The summed E-state index contributed by atoms with van der Waals surface area (Å²) >= 11 is 0. The number of allylic oxidation sites excluding steroid dienone is 1. The van der Waals surface area contributed by atoms with Crippen molar-refractivity contribution in [3.05, 3.63) is 59.3 Å². The molecule has 154 valence electrons. The summed E-state index contributed by atoms with van der Waals surface area (Å²) in [6, 6.07) is 13.0. The summed E-state index contributed by atoms with van der Waals surface area (Å²) in [6.07, 6.45) is 0.567. The van der Waals surface area contributed by atoms with Gasteiger partial charge in [0.25, 0.3) is 0 Å². The van der Waals surface area contributed by atoms with Crippen LogP contribution in [0.15, 0.2) is 53.7 Å². The van der Waals surface area contributed by atoms with Gasteiger partial charge in [0, 0.05) is 11.3 Å². The van der Waals surface area contributed by atoms with Crippen LogP contribution in [0.4, 0.5) is 11.4 Å². The summed E-state index contributed by atoms with van der Waals surface area (Å²) in [5, 5.41) is 6.94. The highest BCUT2D eigenvalue weighted by Crippen LogP contribution is 2.45. The number of carbonyl (C=O) groups excluding carboxylic acids is 2. The summed E-state index contributed by atoms with van der Waals surface area (Å²) in [4.78, 5) is 26.0. The Kier molecular flexibility index (Phi) is 4.38. The molecular formula is C23H22N2O5. The van der Waals surface area contributed by atoms with Crippen molar-refractivity contribution in [2.45, 2.75) is 19.4 Å². The molecule has 0 bridgehead atoms. The summed E-state index contributed by atoms with van der Waals surface area (Å²) in [5.74, 6) is -0.385. The Morgan fingerprint density at radius 2 is 1.87 bits per heavy atom. The smallest absolute Gasteiger partial charge is 0.316 e. The van der Waals surface area contributed by atoms with Crippen molar-refractivity contribution in [2.75, 3.05) is 24.5 Å². The number of hydrogen-bond donors (Lipinski definition) is 2. The summed E-state index contributed by atoms with van der Waals surface area (Å²) in [6.45, 7) is 2.08. The molecule has 30 heavy (non-hydrogen) atoms. The molecule has 2 aromatic carbocycles. The van der Waals surface area contributed by atoms with E-state index >= 15 is 0 Å². The van der Waals surface area contributed by atoms with Gasteiger partial charge in [0.1, 0.15) is 5.92 Å². The maximum absolute atomic E-state index is 13.6. The average molecular weight is 406 g/mol. The number of esters is 1. The number of anilines is 2. The van der Waals surface area contributed by atoms with Crippen molar-refractivity contribution in [3.8, 4) is 11.5 Å². The van der Waals surface area contributed by atoms with Gasteiger partial charge in [0.05, 0.1) is 24.5 Å². The molecule has 2 heterocycles. The van der Waals surface area contributed by atoms with Crippen LogP contribution in [0.3, 0.4) is 0 Å². The fourth-order valence-corrected chi connectivity index (χ4v) is 4.48. The molecule has 3 atom stereocenters. The lowest BCUT2D eigenvalue weighted by molar-refractivity contribution is -0.151. The first-order valence-electron chi connectivity index (χ1n) is 9.94. The third kappa shape index (κ3) is 2.89. The third-order valence-electron chi connectivity index (χ3n) is 5.95. The largest absolute Gasteiger partial charge is 0.468 e. The number of methoxy groups -OCH3 is 1. The molecule has 0 radical (unpaired) electrons. The summed E-state index contributed by atoms with van der Waals surface area (Å²) in [5.41, 5.74) is 4.01. The molecule has 0 aromatic heterocycles. The number of hydrogen-bond acceptors (Lipinski definition) is 7. The molecule has 1 aliphatic carbocycles. The average Bonchev–Trinajstić information content (AvgIpc) is 3.14. The molecule has 2 aromatic rings. The van der Waals surface area contributed by atoms with E-state index in [2.05, 4.69) is 10.6 Å². The van der Waals surface area contributed by atoms with Gasteiger partial charge in [0.15, 0.2) is 17.3 Å². The molecule has 0 saturated carbocycles. The Morgan fingerprint density at radius 3 is 2.67 bits per heavy atom. The SMILES string of the molecule is COC(=O)[C@@H]1C(=O)C2=C(C[C@@H]1C)Nc1ccccc1N[C@@H]2c1ccc2c(c1)OCO2. The molecule has 0 amide bonds. The van der Waals surface area contributed by atoms with Crippen molar-refractivity contribution in [2.24, 2.45) is 11.8 Å². The van der Waals surface area contributed by atoms with Crippen LogP contribution in [0, 0.1) is 11.8 Å². The zero-order valence-corrected chi connectivity index (χ0v) is 16.7. The first-order chi connectivity index (χ1) is 14.6. The van der Waals surface area contributed by atoms with Crippen LogP contribution in [0.5, 0.6) is 11.5 Å². The minimum absolute atomic E-state index is 0.168. The zero-order chi connectivity index (χ0) is 20.8. The highest BCUT2D eigenvalue weighted by molar-refractivity contribution is 6.11. The Balaban J connectivity index is 1.66. The molecule has 7 heteroatoms. The first-order valence-corrected chi connectivity index (χ1v) is 9.94. The highest BCUT2D eigenvalue weighted by Gasteiger charge is 2.44. The van der Waals surface area contributed by atoms with Crippen molar-refractivity contribution in [1.82, 2.24) is 0 Å². The van der Waals surface area contributed by atoms with Crippen LogP contribution >= 0.6 is 0 Å². The minimum Gasteiger partial charge on any atom is -0.468 e. The van der Waals surface area contributed by atoms with Crippen molar-refractivity contribution in [1.29, 1.82) is 0 Å². The lowest BCUT2D eigenvalue weighted by atomic mass is 9.75. The molecule has 0 unspecified atom stereocenters. The van der Waals surface area contributed by atoms with Gasteiger partial charge < -0.3 is 24.8 Å². The van der Waals surface area contributed by atoms with E-state index in [4.69, 9.17) is 14.2 Å². The van der Waals surface area contributed by atoms with Crippen molar-refractivity contribution < 1.29 is 23.8 Å². The van der Waals surface area contributed by atoms with Crippen LogP contribution in [0.1, 0.15) is 24.9 Å². The number of nitrogens with one attached hydrogen (secondary N) is 2. The van der Waals surface area contributed by atoms with E-state index in [-0.39, 0.29) is 18.5 Å². The molecule has 7 nitrogen and oxygen atoms in total. The summed E-state index contributed by atoms with van der Waals surface area (Å²) < 4.78 is 15.9. The second kappa shape index (κ2) is 7.09. The van der Waals surface area contributed by atoms with Gasteiger partial charge in [-0.3, -0.25) is 9.59 Å². The van der Waals surface area contributed by atoms with E-state index in [1.165, 1.54) is 7.11 Å². The molecule has 5 rings (SSSR count). The van der Waals surface area contributed by atoms with E-state index in [1.54, 1.807) is 0 Å². The number of rotatable bonds is 2. The van der Waals surface area contributed by atoms with Gasteiger partial charge in [-0.2, -0.15) is 0 Å². The molecule has 0 saturated heterocycles.